The molecule has 36 heavy (non-hydrogen) atoms. The van der Waals surface area contributed by atoms with Crippen LogP contribution in [-0.2, 0) is 11.0 Å². The minimum atomic E-state index is -4.54. The molecule has 1 aliphatic carbocycles. The van der Waals surface area contributed by atoms with Gasteiger partial charge in [-0.05, 0) is 31.4 Å². The van der Waals surface area contributed by atoms with E-state index < -0.39 is 42.2 Å². The number of hydrazine groups is 1. The van der Waals surface area contributed by atoms with Crippen molar-refractivity contribution in [3.8, 4) is 12.1 Å². The fourth-order valence-corrected chi connectivity index (χ4v) is 5.14. The topological polar surface area (TPSA) is 143 Å². The van der Waals surface area contributed by atoms with Crippen molar-refractivity contribution in [3.63, 3.8) is 0 Å². The summed E-state index contributed by atoms with van der Waals surface area (Å²) in [5.74, 6) is -0.425. The number of nitrogens with zero attached hydrogens (tertiary/aromatic N) is 6. The highest BCUT2D eigenvalue weighted by molar-refractivity contribution is 5.82. The number of hydrogen-bond acceptors (Lipinski definition) is 9. The zero-order chi connectivity index (χ0) is 25.6. The molecule has 2 aliphatic heterocycles. The van der Waals surface area contributed by atoms with Gasteiger partial charge in [0.2, 0.25) is 5.91 Å². The number of nitrogens with one attached hydrogen (secondary N) is 3. The molecular weight excluding hydrogens is 475 g/mol. The maximum absolute atomic E-state index is 13.1. The van der Waals surface area contributed by atoms with Crippen LogP contribution in [0.2, 0.25) is 0 Å². The van der Waals surface area contributed by atoms with Gasteiger partial charge in [0.05, 0.1) is 29.9 Å². The van der Waals surface area contributed by atoms with Crippen molar-refractivity contribution in [3.05, 3.63) is 53.4 Å². The molecule has 0 radical (unpaired) electrons. The highest BCUT2D eigenvalue weighted by atomic mass is 19.4. The van der Waals surface area contributed by atoms with Gasteiger partial charge in [-0.1, -0.05) is 6.07 Å². The standard InChI is InChI=1S/C23H22F3N9O/c1-11(13-2-5-17(29-10-13)23(24,25)26)35-21-18(16(7-28)34-35)22(36)33-20(32-21)15-4-3-14(15)19-30-8-12(6-27)9-31-19/h2,5,8-11,14-16,18,20-21,32,34H,3-4H2,1H3,(H,33,36)/t11-,14+,15+,16?,18?,20?,21?/m1/s1. The largest absolute Gasteiger partial charge is 0.433 e. The second-order valence-corrected chi connectivity index (χ2v) is 9.21. The predicted molar refractivity (Wildman–Crippen MR) is 117 cm³/mol. The molecule has 0 bridgehead atoms. The van der Waals surface area contributed by atoms with Crippen LogP contribution in [0, 0.1) is 34.5 Å². The molecule has 2 aromatic heterocycles. The molecule has 0 aromatic carbocycles. The Bertz CT molecular complexity index is 1220. The number of fused-ring (bicyclic) bond motifs is 1. The molecule has 13 heteroatoms. The van der Waals surface area contributed by atoms with E-state index in [1.807, 2.05) is 6.07 Å². The zero-order valence-corrected chi connectivity index (χ0v) is 19.1. The van der Waals surface area contributed by atoms with Gasteiger partial charge in [-0.3, -0.25) is 15.1 Å². The van der Waals surface area contributed by atoms with Crippen LogP contribution in [-0.4, -0.2) is 44.2 Å². The van der Waals surface area contributed by atoms with E-state index in [-0.39, 0.29) is 17.7 Å². The number of rotatable bonds is 4. The fraction of sp³-hybridized carbons (Fsp3) is 0.478. The smallest absolute Gasteiger partial charge is 0.340 e. The van der Waals surface area contributed by atoms with Crippen LogP contribution in [0.15, 0.2) is 30.7 Å². The molecule has 4 unspecified atom stereocenters. The quantitative estimate of drug-likeness (QED) is 0.575. The van der Waals surface area contributed by atoms with Crippen molar-refractivity contribution in [1.82, 2.24) is 36.0 Å². The monoisotopic (exact) mass is 497 g/mol. The fourth-order valence-electron chi connectivity index (χ4n) is 5.14. The van der Waals surface area contributed by atoms with Gasteiger partial charge in [-0.15, -0.1) is 0 Å². The number of aromatic nitrogens is 3. The number of hydrogen-bond donors (Lipinski definition) is 3. The van der Waals surface area contributed by atoms with Crippen LogP contribution in [0.4, 0.5) is 13.2 Å². The van der Waals surface area contributed by atoms with Gasteiger partial charge < -0.3 is 5.32 Å². The summed E-state index contributed by atoms with van der Waals surface area (Å²) in [6.45, 7) is 1.77. The normalized spacial score (nSPS) is 30.9. The highest BCUT2D eigenvalue weighted by Gasteiger charge is 2.54. The number of carbonyl (C=O) groups excluding carboxylic acids is 1. The van der Waals surface area contributed by atoms with Crippen molar-refractivity contribution in [2.75, 3.05) is 0 Å². The second-order valence-electron chi connectivity index (χ2n) is 9.21. The Morgan fingerprint density at radius 2 is 1.89 bits per heavy atom. The number of nitriles is 2. The van der Waals surface area contributed by atoms with Crippen LogP contribution in [0.1, 0.15) is 54.4 Å². The molecule has 3 N–H and O–H groups in total. The third-order valence-electron chi connectivity index (χ3n) is 7.24. The van der Waals surface area contributed by atoms with Crippen molar-refractivity contribution >= 4 is 5.91 Å². The Labute approximate surface area is 204 Å². The molecule has 3 fully saturated rings. The van der Waals surface area contributed by atoms with Gasteiger partial charge in [0, 0.05) is 36.5 Å². The minimum absolute atomic E-state index is 0.00568. The van der Waals surface area contributed by atoms with Crippen molar-refractivity contribution in [2.24, 2.45) is 11.8 Å². The summed E-state index contributed by atoms with van der Waals surface area (Å²) in [6.07, 6.45) is 0.214. The van der Waals surface area contributed by atoms with Crippen molar-refractivity contribution in [1.29, 1.82) is 10.5 Å². The van der Waals surface area contributed by atoms with E-state index in [2.05, 4.69) is 37.1 Å². The summed E-state index contributed by atoms with van der Waals surface area (Å²) in [5.41, 5.74) is 2.93. The van der Waals surface area contributed by atoms with E-state index >= 15 is 0 Å². The number of halogens is 3. The average Bonchev–Trinajstić information content (AvgIpc) is 3.22. The third-order valence-corrected chi connectivity index (χ3v) is 7.24. The Morgan fingerprint density at radius 3 is 2.44 bits per heavy atom. The summed E-state index contributed by atoms with van der Waals surface area (Å²) >= 11 is 0. The number of carbonyl (C=O) groups is 1. The SMILES string of the molecule is C[C@H](c1ccc(C(F)(F)F)nc1)N1NC(C#N)C2C(=O)NC([C@H]3CC[C@@H]3c3ncc(C#N)cn3)NC21. The minimum Gasteiger partial charge on any atom is -0.340 e. The van der Waals surface area contributed by atoms with E-state index in [0.29, 0.717) is 17.0 Å². The summed E-state index contributed by atoms with van der Waals surface area (Å²) in [4.78, 5) is 25.3. The Morgan fingerprint density at radius 1 is 1.14 bits per heavy atom. The lowest BCUT2D eigenvalue weighted by Crippen LogP contribution is -2.68. The molecule has 7 atom stereocenters. The van der Waals surface area contributed by atoms with Crippen LogP contribution >= 0.6 is 0 Å². The molecule has 2 aromatic rings. The average molecular weight is 497 g/mol. The van der Waals surface area contributed by atoms with Gasteiger partial charge in [0.25, 0.3) is 0 Å². The first-order valence-corrected chi connectivity index (χ1v) is 11.5. The van der Waals surface area contributed by atoms with E-state index in [9.17, 15) is 23.2 Å². The van der Waals surface area contributed by atoms with Gasteiger partial charge in [-0.25, -0.2) is 20.4 Å². The number of alkyl halides is 3. The molecule has 1 saturated carbocycles. The Hall–Kier alpha value is -3.65. The van der Waals surface area contributed by atoms with Gasteiger partial charge in [0.15, 0.2) is 0 Å². The maximum atomic E-state index is 13.1. The molecule has 3 aliphatic rings. The molecule has 5 rings (SSSR count). The molecule has 1 amide bonds. The van der Waals surface area contributed by atoms with E-state index in [1.54, 1.807) is 11.9 Å². The van der Waals surface area contributed by atoms with Crippen LogP contribution in [0.25, 0.3) is 0 Å². The molecule has 10 nitrogen and oxygen atoms in total. The Balaban J connectivity index is 1.36. The molecular formula is C23H22F3N9O. The lowest BCUT2D eigenvalue weighted by molar-refractivity contribution is -0.141. The summed E-state index contributed by atoms with van der Waals surface area (Å²) in [7, 11) is 0. The number of pyridine rings is 1. The Kier molecular flexibility index (Phi) is 6.08. The third kappa shape index (κ3) is 4.15. The van der Waals surface area contributed by atoms with Crippen molar-refractivity contribution in [2.45, 2.75) is 56.3 Å². The molecule has 186 valence electrons. The first-order valence-electron chi connectivity index (χ1n) is 11.5. The lowest BCUT2D eigenvalue weighted by atomic mass is 9.70. The van der Waals surface area contributed by atoms with Gasteiger partial charge >= 0.3 is 6.18 Å². The van der Waals surface area contributed by atoms with Crippen LogP contribution < -0.4 is 16.1 Å². The van der Waals surface area contributed by atoms with Crippen molar-refractivity contribution < 1.29 is 18.0 Å². The molecule has 0 spiro atoms. The van der Waals surface area contributed by atoms with E-state index in [0.717, 1.165) is 25.1 Å². The highest BCUT2D eigenvalue weighted by Crippen LogP contribution is 2.44. The van der Waals surface area contributed by atoms with Gasteiger partial charge in [0.1, 0.15) is 23.6 Å². The number of amides is 1. The second kappa shape index (κ2) is 9.09. The first kappa shape index (κ1) is 24.1. The first-order chi connectivity index (χ1) is 17.2. The van der Waals surface area contributed by atoms with E-state index in [4.69, 9.17) is 5.26 Å². The zero-order valence-electron chi connectivity index (χ0n) is 19.1. The van der Waals surface area contributed by atoms with Crippen LogP contribution in [0.5, 0.6) is 0 Å². The van der Waals surface area contributed by atoms with Gasteiger partial charge in [-0.2, -0.15) is 23.7 Å². The lowest BCUT2D eigenvalue weighted by Gasteiger charge is -2.47. The molecule has 4 heterocycles. The van der Waals surface area contributed by atoms with E-state index in [1.165, 1.54) is 18.5 Å². The predicted octanol–water partition coefficient (Wildman–Crippen LogP) is 1.72. The summed E-state index contributed by atoms with van der Waals surface area (Å²) in [5, 5.41) is 26.8. The molecule has 2 saturated heterocycles. The maximum Gasteiger partial charge on any atom is 0.433 e. The summed E-state index contributed by atoms with van der Waals surface area (Å²) < 4.78 is 38.8. The van der Waals surface area contributed by atoms with Crippen LogP contribution in [0.3, 0.4) is 0 Å². The summed E-state index contributed by atoms with van der Waals surface area (Å²) in [6, 6.07) is 5.07.